The van der Waals surface area contributed by atoms with Crippen LogP contribution in [0.5, 0.6) is 0 Å². The maximum atomic E-state index is 2.44. The Morgan fingerprint density at radius 1 is 0.528 bits per heavy atom. The molecule has 182 valence electrons. The predicted molar refractivity (Wildman–Crippen MR) is 149 cm³/mol. The molecule has 0 atom stereocenters. The average molecular weight is 477 g/mol. The normalized spacial score (nSPS) is 12.0. The monoisotopic (exact) mass is 476 g/mol. The van der Waals surface area contributed by atoms with E-state index in [-0.39, 0.29) is 0 Å². The molecule has 0 aliphatic heterocycles. The topological polar surface area (TPSA) is 17.6 Å². The van der Waals surface area contributed by atoms with Gasteiger partial charge in [0, 0.05) is 85.5 Å². The first kappa shape index (κ1) is 22.8. The van der Waals surface area contributed by atoms with E-state index in [0.29, 0.717) is 0 Å². The van der Waals surface area contributed by atoms with Crippen LogP contribution >= 0.6 is 0 Å². The van der Waals surface area contributed by atoms with Crippen molar-refractivity contribution < 1.29 is 9.13 Å². The summed E-state index contributed by atoms with van der Waals surface area (Å²) in [5.41, 5.74) is 8.05. The summed E-state index contributed by atoms with van der Waals surface area (Å²) in [5.74, 6) is 0. The minimum absolute atomic E-state index is 1.08. The molecule has 4 nitrogen and oxygen atoms in total. The molecule has 4 aromatic heterocycles. The highest BCUT2D eigenvalue weighted by atomic mass is 15.0. The van der Waals surface area contributed by atoms with Crippen molar-refractivity contribution in [2.24, 2.45) is 14.1 Å². The van der Waals surface area contributed by atoms with Gasteiger partial charge in [-0.3, -0.25) is 0 Å². The van der Waals surface area contributed by atoms with Crippen molar-refractivity contribution in [3.8, 4) is 0 Å². The second-order valence-electron chi connectivity index (χ2n) is 10.3. The highest BCUT2D eigenvalue weighted by molar-refractivity contribution is 6.09. The molecule has 6 rings (SSSR count). The van der Waals surface area contributed by atoms with E-state index >= 15 is 0 Å². The SMILES string of the molecule is Cc1c2c(cc[n+]1CCCCCC[n+]1ccc3c4ccccc4n(C)c3c1C)c1ccccc1n2C. The minimum atomic E-state index is 1.08. The average Bonchev–Trinajstić information content (AvgIpc) is 3.36. The minimum Gasteiger partial charge on any atom is -0.338 e. The smallest absolute Gasteiger partial charge is 0.202 e. The first-order valence-electron chi connectivity index (χ1n) is 13.3. The zero-order valence-electron chi connectivity index (χ0n) is 22.0. The van der Waals surface area contributed by atoms with Crippen molar-refractivity contribution >= 4 is 43.6 Å². The maximum absolute atomic E-state index is 2.44. The third kappa shape index (κ3) is 3.59. The number of hydrogen-bond acceptors (Lipinski definition) is 0. The molecule has 0 bridgehead atoms. The fourth-order valence-electron chi connectivity index (χ4n) is 6.28. The van der Waals surface area contributed by atoms with E-state index in [4.69, 9.17) is 0 Å². The van der Waals surface area contributed by atoms with Gasteiger partial charge in [-0.15, -0.1) is 0 Å². The molecule has 0 amide bonds. The van der Waals surface area contributed by atoms with Gasteiger partial charge in [0.05, 0.1) is 0 Å². The second-order valence-corrected chi connectivity index (χ2v) is 10.3. The van der Waals surface area contributed by atoms with Crippen LogP contribution < -0.4 is 9.13 Å². The van der Waals surface area contributed by atoms with Gasteiger partial charge >= 0.3 is 0 Å². The number of aromatic nitrogens is 4. The van der Waals surface area contributed by atoms with Gasteiger partial charge in [-0.05, 0) is 25.0 Å². The van der Waals surface area contributed by atoms with E-state index in [1.807, 2.05) is 0 Å². The van der Waals surface area contributed by atoms with Crippen LogP contribution in [0.25, 0.3) is 43.6 Å². The molecular weight excluding hydrogens is 440 g/mol. The summed E-state index contributed by atoms with van der Waals surface area (Å²) in [6, 6.07) is 22.0. The Morgan fingerprint density at radius 2 is 0.944 bits per heavy atom. The number of aryl methyl sites for hydroxylation is 6. The van der Waals surface area contributed by atoms with Crippen LogP contribution in [-0.2, 0) is 27.2 Å². The third-order valence-corrected chi connectivity index (χ3v) is 8.23. The van der Waals surface area contributed by atoms with Crippen molar-refractivity contribution in [3.05, 3.63) is 84.4 Å². The molecule has 6 aromatic rings. The van der Waals surface area contributed by atoms with E-state index < -0.39 is 0 Å². The van der Waals surface area contributed by atoms with Gasteiger partial charge in [0.1, 0.15) is 24.1 Å². The first-order valence-corrected chi connectivity index (χ1v) is 13.3. The Morgan fingerprint density at radius 3 is 1.39 bits per heavy atom. The summed E-state index contributed by atoms with van der Waals surface area (Å²) >= 11 is 0. The number of benzene rings is 2. The molecule has 36 heavy (non-hydrogen) atoms. The Labute approximate surface area is 213 Å². The fraction of sp³-hybridized carbons (Fsp3) is 0.312. The largest absolute Gasteiger partial charge is 0.338 e. The van der Waals surface area contributed by atoms with Gasteiger partial charge in [0.2, 0.25) is 11.4 Å². The van der Waals surface area contributed by atoms with E-state index in [2.05, 4.69) is 119 Å². The van der Waals surface area contributed by atoms with E-state index in [1.54, 1.807) is 0 Å². The number of rotatable bonds is 7. The molecule has 0 spiro atoms. The van der Waals surface area contributed by atoms with Crippen LogP contribution in [0.2, 0.25) is 0 Å². The highest BCUT2D eigenvalue weighted by Gasteiger charge is 2.18. The van der Waals surface area contributed by atoms with Gasteiger partial charge in [-0.1, -0.05) is 36.4 Å². The summed E-state index contributed by atoms with van der Waals surface area (Å²) < 4.78 is 9.58. The fourth-order valence-corrected chi connectivity index (χ4v) is 6.28. The molecule has 0 unspecified atom stereocenters. The van der Waals surface area contributed by atoms with Crippen LogP contribution in [0.3, 0.4) is 0 Å². The van der Waals surface area contributed by atoms with Crippen molar-refractivity contribution in [2.75, 3.05) is 0 Å². The number of para-hydroxylation sites is 2. The molecule has 4 heterocycles. The summed E-state index contributed by atoms with van der Waals surface area (Å²) in [4.78, 5) is 0. The molecular formula is C32H36N4+2. The van der Waals surface area contributed by atoms with E-state index in [9.17, 15) is 0 Å². The zero-order valence-corrected chi connectivity index (χ0v) is 22.0. The van der Waals surface area contributed by atoms with Gasteiger partial charge in [0.25, 0.3) is 0 Å². The second kappa shape index (κ2) is 9.09. The van der Waals surface area contributed by atoms with Crippen molar-refractivity contribution in [3.63, 3.8) is 0 Å². The number of nitrogens with zero attached hydrogens (tertiary/aromatic N) is 4. The predicted octanol–water partition coefficient (Wildman–Crippen LogP) is 6.43. The summed E-state index contributed by atoms with van der Waals surface area (Å²) in [6.45, 7) is 6.70. The van der Waals surface area contributed by atoms with Gasteiger partial charge in [-0.2, -0.15) is 0 Å². The Bertz CT molecular complexity index is 1600. The van der Waals surface area contributed by atoms with Crippen LogP contribution in [-0.4, -0.2) is 9.13 Å². The molecule has 4 heteroatoms. The van der Waals surface area contributed by atoms with Crippen molar-refractivity contribution in [1.29, 1.82) is 0 Å². The summed E-state index contributed by atoms with van der Waals surface area (Å²) in [6.07, 6.45) is 9.51. The van der Waals surface area contributed by atoms with Crippen LogP contribution in [0.4, 0.5) is 0 Å². The molecule has 0 saturated carbocycles. The third-order valence-electron chi connectivity index (χ3n) is 8.23. The van der Waals surface area contributed by atoms with Crippen LogP contribution in [0.1, 0.15) is 37.1 Å². The lowest BCUT2D eigenvalue weighted by Gasteiger charge is -2.05. The zero-order chi connectivity index (χ0) is 24.8. The highest BCUT2D eigenvalue weighted by Crippen LogP contribution is 2.29. The summed E-state index contributed by atoms with van der Waals surface area (Å²) in [5, 5.41) is 5.41. The maximum Gasteiger partial charge on any atom is 0.202 e. The first-order chi connectivity index (χ1) is 17.6. The van der Waals surface area contributed by atoms with Gasteiger partial charge in [-0.25, -0.2) is 9.13 Å². The molecule has 2 aromatic carbocycles. The van der Waals surface area contributed by atoms with Crippen LogP contribution in [0.15, 0.2) is 73.1 Å². The summed E-state index contributed by atoms with van der Waals surface area (Å²) in [7, 11) is 4.38. The Balaban J connectivity index is 1.10. The van der Waals surface area contributed by atoms with Gasteiger partial charge in [0.15, 0.2) is 12.4 Å². The standard InChI is InChI=1S/C32H36N4/c1-23-31-27(25-13-7-9-15-29(25)33(31)3)17-21-35(23)19-11-5-6-12-20-36-22-18-28-26-14-8-10-16-30(26)34(4)32(28)24(36)2/h7-10,13-18,21-22H,5-6,11-12,19-20H2,1-4H3/q+2. The lowest BCUT2D eigenvalue weighted by Crippen LogP contribution is -2.37. The molecule has 0 fully saturated rings. The lowest BCUT2D eigenvalue weighted by molar-refractivity contribution is -0.703. The molecule has 0 N–H and O–H groups in total. The number of hydrogen-bond donors (Lipinski definition) is 0. The number of unbranched alkanes of at least 4 members (excludes halogenated alkanes) is 3. The van der Waals surface area contributed by atoms with Gasteiger partial charge < -0.3 is 9.13 Å². The van der Waals surface area contributed by atoms with Crippen LogP contribution in [0, 0.1) is 13.8 Å². The van der Waals surface area contributed by atoms with E-state index in [0.717, 1.165) is 13.1 Å². The Kier molecular flexibility index (Phi) is 5.75. The number of fused-ring (bicyclic) bond motifs is 6. The molecule has 0 aliphatic carbocycles. The quantitative estimate of drug-likeness (QED) is 0.187. The molecule has 0 radical (unpaired) electrons. The molecule has 0 aliphatic rings. The molecule has 0 saturated heterocycles. The number of pyridine rings is 2. The Hall–Kier alpha value is -3.66. The lowest BCUT2D eigenvalue weighted by atomic mass is 10.1. The van der Waals surface area contributed by atoms with E-state index in [1.165, 1.54) is 80.7 Å². The van der Waals surface area contributed by atoms with Crippen molar-refractivity contribution in [1.82, 2.24) is 9.13 Å². The van der Waals surface area contributed by atoms with Crippen molar-refractivity contribution in [2.45, 2.75) is 52.6 Å².